The van der Waals surface area contributed by atoms with Crippen molar-refractivity contribution in [2.75, 3.05) is 20.6 Å². The average Bonchev–Trinajstić information content (AvgIpc) is 2.42. The van der Waals surface area contributed by atoms with E-state index in [0.29, 0.717) is 0 Å². The normalized spacial score (nSPS) is 11.3. The maximum Gasteiger partial charge on any atom is 0.0346 e. The standard InChI is InChI=1S/C16H17BrN2.ClH/c1-19(2)11-9-16(14-4-3-10-18-12-14)13-5-7-15(17)8-6-13;/h3-10,12H,11H2,1-2H3;1H/p-1. The maximum absolute atomic E-state index is 4.21. The van der Waals surface area contributed by atoms with Crippen molar-refractivity contribution in [3.63, 3.8) is 0 Å². The summed E-state index contributed by atoms with van der Waals surface area (Å²) in [5.74, 6) is 0. The molecule has 0 aliphatic rings. The number of hydrogen-bond donors (Lipinski definition) is 0. The summed E-state index contributed by atoms with van der Waals surface area (Å²) in [4.78, 5) is 6.36. The fraction of sp³-hybridized carbons (Fsp3) is 0.188. The van der Waals surface area contributed by atoms with E-state index >= 15 is 0 Å². The van der Waals surface area contributed by atoms with E-state index in [-0.39, 0.29) is 12.4 Å². The van der Waals surface area contributed by atoms with E-state index in [9.17, 15) is 0 Å². The van der Waals surface area contributed by atoms with E-state index in [2.05, 4.69) is 76.3 Å². The summed E-state index contributed by atoms with van der Waals surface area (Å²) in [6.45, 7) is 0.903. The van der Waals surface area contributed by atoms with Gasteiger partial charge in [0.2, 0.25) is 0 Å². The summed E-state index contributed by atoms with van der Waals surface area (Å²) in [6, 6.07) is 12.4. The van der Waals surface area contributed by atoms with E-state index in [1.54, 1.807) is 6.20 Å². The van der Waals surface area contributed by atoms with Gasteiger partial charge in [-0.3, -0.25) is 4.98 Å². The highest BCUT2D eigenvalue weighted by molar-refractivity contribution is 9.10. The van der Waals surface area contributed by atoms with Gasteiger partial charge in [-0.1, -0.05) is 40.2 Å². The van der Waals surface area contributed by atoms with Crippen LogP contribution < -0.4 is 12.4 Å². The molecule has 0 aliphatic heterocycles. The molecule has 2 aromatic rings. The number of hydrogen-bond acceptors (Lipinski definition) is 2. The number of likely N-dealkylation sites (N-methyl/N-ethyl adjacent to an activating group) is 1. The number of nitrogens with zero attached hydrogens (tertiary/aromatic N) is 2. The van der Waals surface area contributed by atoms with Gasteiger partial charge in [-0.15, -0.1) is 0 Å². The Balaban J connectivity index is 0.00000200. The minimum absolute atomic E-state index is 0. The van der Waals surface area contributed by atoms with Crippen molar-refractivity contribution in [1.82, 2.24) is 9.88 Å². The van der Waals surface area contributed by atoms with Crippen LogP contribution in [0.3, 0.4) is 0 Å². The van der Waals surface area contributed by atoms with Gasteiger partial charge in [0.1, 0.15) is 0 Å². The van der Waals surface area contributed by atoms with Gasteiger partial charge in [0.25, 0.3) is 0 Å². The lowest BCUT2D eigenvalue weighted by atomic mass is 9.99. The van der Waals surface area contributed by atoms with Gasteiger partial charge in [0, 0.05) is 29.0 Å². The number of rotatable bonds is 4. The van der Waals surface area contributed by atoms with Gasteiger partial charge >= 0.3 is 0 Å². The Morgan fingerprint density at radius 3 is 2.40 bits per heavy atom. The van der Waals surface area contributed by atoms with Crippen LogP contribution in [0.25, 0.3) is 5.57 Å². The predicted octanol–water partition coefficient (Wildman–Crippen LogP) is 0.841. The van der Waals surface area contributed by atoms with Crippen molar-refractivity contribution in [3.8, 4) is 0 Å². The largest absolute Gasteiger partial charge is 1.00 e. The molecule has 0 N–H and O–H groups in total. The Labute approximate surface area is 135 Å². The fourth-order valence-corrected chi connectivity index (χ4v) is 2.09. The molecule has 0 amide bonds. The Hall–Kier alpha value is -1.16. The summed E-state index contributed by atoms with van der Waals surface area (Å²) >= 11 is 3.47. The number of halogens is 2. The first-order chi connectivity index (χ1) is 9.16. The van der Waals surface area contributed by atoms with Crippen molar-refractivity contribution in [1.29, 1.82) is 0 Å². The highest BCUT2D eigenvalue weighted by Crippen LogP contribution is 2.24. The number of pyridine rings is 1. The highest BCUT2D eigenvalue weighted by Gasteiger charge is 2.05. The van der Waals surface area contributed by atoms with Crippen LogP contribution in [0.4, 0.5) is 0 Å². The van der Waals surface area contributed by atoms with Gasteiger partial charge in [-0.05, 0) is 43.4 Å². The van der Waals surface area contributed by atoms with Crippen molar-refractivity contribution in [2.24, 2.45) is 0 Å². The lowest BCUT2D eigenvalue weighted by molar-refractivity contribution is -0.00000382. The van der Waals surface area contributed by atoms with Crippen molar-refractivity contribution in [2.45, 2.75) is 0 Å². The third-order valence-electron chi connectivity index (χ3n) is 2.79. The van der Waals surface area contributed by atoms with Crippen LogP contribution in [0.1, 0.15) is 11.1 Å². The van der Waals surface area contributed by atoms with Crippen LogP contribution >= 0.6 is 15.9 Å². The quantitative estimate of drug-likeness (QED) is 0.811. The maximum atomic E-state index is 4.21. The minimum atomic E-state index is 0. The molecule has 0 radical (unpaired) electrons. The molecule has 1 heterocycles. The first-order valence-electron chi connectivity index (χ1n) is 6.18. The Kier molecular flexibility index (Phi) is 6.93. The number of aromatic nitrogens is 1. The molecule has 0 fully saturated rings. The zero-order chi connectivity index (χ0) is 13.7. The summed E-state index contributed by atoms with van der Waals surface area (Å²) < 4.78 is 1.09. The highest BCUT2D eigenvalue weighted by atomic mass is 79.9. The molecule has 0 aliphatic carbocycles. The molecule has 106 valence electrons. The molecule has 0 bridgehead atoms. The molecule has 2 rings (SSSR count). The van der Waals surface area contributed by atoms with Gasteiger partial charge in [-0.2, -0.15) is 0 Å². The molecule has 1 aromatic heterocycles. The molecule has 0 atom stereocenters. The topological polar surface area (TPSA) is 16.1 Å². The average molecular weight is 353 g/mol. The van der Waals surface area contributed by atoms with Gasteiger partial charge in [-0.25, -0.2) is 0 Å². The molecule has 20 heavy (non-hydrogen) atoms. The summed E-state index contributed by atoms with van der Waals surface area (Å²) in [6.07, 6.45) is 5.94. The van der Waals surface area contributed by atoms with Crippen LogP contribution in [-0.2, 0) is 0 Å². The zero-order valence-electron chi connectivity index (χ0n) is 11.6. The Morgan fingerprint density at radius 2 is 1.85 bits per heavy atom. The summed E-state index contributed by atoms with van der Waals surface area (Å²) in [5.41, 5.74) is 3.57. The lowest BCUT2D eigenvalue weighted by Gasteiger charge is -2.11. The molecule has 2 nitrogen and oxygen atoms in total. The van der Waals surface area contributed by atoms with Crippen LogP contribution in [0, 0.1) is 0 Å². The van der Waals surface area contributed by atoms with Gasteiger partial charge in [0.15, 0.2) is 0 Å². The summed E-state index contributed by atoms with van der Waals surface area (Å²) in [5, 5.41) is 0. The zero-order valence-corrected chi connectivity index (χ0v) is 13.9. The lowest BCUT2D eigenvalue weighted by Crippen LogP contribution is -3.00. The minimum Gasteiger partial charge on any atom is -1.00 e. The van der Waals surface area contributed by atoms with Crippen LogP contribution in [0.5, 0.6) is 0 Å². The van der Waals surface area contributed by atoms with E-state index in [1.807, 2.05) is 12.3 Å². The smallest absolute Gasteiger partial charge is 0.0346 e. The second kappa shape index (κ2) is 8.20. The van der Waals surface area contributed by atoms with Crippen LogP contribution in [0.2, 0.25) is 0 Å². The third kappa shape index (κ3) is 4.75. The molecule has 1 aromatic carbocycles. The molecule has 0 saturated carbocycles. The molecule has 0 saturated heterocycles. The summed E-state index contributed by atoms with van der Waals surface area (Å²) in [7, 11) is 4.14. The number of benzene rings is 1. The van der Waals surface area contributed by atoms with E-state index in [1.165, 1.54) is 11.1 Å². The van der Waals surface area contributed by atoms with E-state index < -0.39 is 0 Å². The van der Waals surface area contributed by atoms with E-state index in [4.69, 9.17) is 0 Å². The van der Waals surface area contributed by atoms with Gasteiger partial charge < -0.3 is 17.3 Å². The van der Waals surface area contributed by atoms with Crippen molar-refractivity contribution < 1.29 is 12.4 Å². The van der Waals surface area contributed by atoms with Gasteiger partial charge in [0.05, 0.1) is 0 Å². The Morgan fingerprint density at radius 1 is 1.15 bits per heavy atom. The predicted molar refractivity (Wildman–Crippen MR) is 84.0 cm³/mol. The third-order valence-corrected chi connectivity index (χ3v) is 3.32. The first kappa shape index (κ1) is 16.9. The second-order valence-electron chi connectivity index (χ2n) is 4.63. The SMILES string of the molecule is CN(C)CC=C(c1ccc(Br)cc1)c1cccnc1.[Cl-]. The van der Waals surface area contributed by atoms with Crippen molar-refractivity contribution >= 4 is 21.5 Å². The Bertz CT molecular complexity index is 550. The fourth-order valence-electron chi connectivity index (χ4n) is 1.83. The monoisotopic (exact) mass is 351 g/mol. The van der Waals surface area contributed by atoms with Crippen LogP contribution in [0.15, 0.2) is 59.3 Å². The molecule has 0 unspecified atom stereocenters. The molecular formula is C16H17BrClN2-. The van der Waals surface area contributed by atoms with Crippen LogP contribution in [-0.4, -0.2) is 30.5 Å². The molecule has 0 spiro atoms. The molecular weight excluding hydrogens is 336 g/mol. The van der Waals surface area contributed by atoms with E-state index in [0.717, 1.165) is 16.6 Å². The molecule has 4 heteroatoms. The first-order valence-corrected chi connectivity index (χ1v) is 6.97. The van der Waals surface area contributed by atoms with Crippen molar-refractivity contribution in [3.05, 3.63) is 70.5 Å². The second-order valence-corrected chi connectivity index (χ2v) is 5.54.